The molecule has 0 bridgehead atoms. The zero-order valence-electron chi connectivity index (χ0n) is 19.9. The highest BCUT2D eigenvalue weighted by molar-refractivity contribution is 5.92. The molecule has 0 saturated carbocycles. The predicted octanol–water partition coefficient (Wildman–Crippen LogP) is 4.97. The third-order valence-electron chi connectivity index (χ3n) is 5.98. The lowest BCUT2D eigenvalue weighted by atomic mass is 9.88. The molecule has 1 fully saturated rings. The van der Waals surface area contributed by atoms with E-state index in [1.807, 2.05) is 11.5 Å². The van der Waals surface area contributed by atoms with Crippen LogP contribution in [0, 0.1) is 23.5 Å². The van der Waals surface area contributed by atoms with Crippen molar-refractivity contribution in [2.45, 2.75) is 59.1 Å². The van der Waals surface area contributed by atoms with E-state index < -0.39 is 41.1 Å². The van der Waals surface area contributed by atoms with Crippen LogP contribution in [0.15, 0.2) is 30.6 Å². The fraction of sp³-hybridized carbons (Fsp3) is 0.542. The van der Waals surface area contributed by atoms with Gasteiger partial charge >= 0.3 is 6.09 Å². The highest BCUT2D eigenvalue weighted by atomic mass is 19.1. The number of halogens is 2. The lowest BCUT2D eigenvalue weighted by Crippen LogP contribution is -2.36. The van der Waals surface area contributed by atoms with E-state index in [4.69, 9.17) is 4.74 Å². The minimum Gasteiger partial charge on any atom is -0.444 e. The fourth-order valence-electron chi connectivity index (χ4n) is 3.92. The van der Waals surface area contributed by atoms with E-state index in [-0.39, 0.29) is 24.7 Å². The monoisotopic (exact) mass is 462 g/mol. The molecule has 2 heterocycles. The van der Waals surface area contributed by atoms with Crippen molar-refractivity contribution < 1.29 is 23.1 Å². The van der Waals surface area contributed by atoms with Crippen molar-refractivity contribution in [3.63, 3.8) is 0 Å². The summed E-state index contributed by atoms with van der Waals surface area (Å²) in [5, 5.41) is 2.84. The van der Waals surface area contributed by atoms with Crippen LogP contribution in [0.25, 0.3) is 0 Å². The van der Waals surface area contributed by atoms with Gasteiger partial charge in [0.2, 0.25) is 11.9 Å². The Morgan fingerprint density at radius 2 is 1.88 bits per heavy atom. The van der Waals surface area contributed by atoms with Gasteiger partial charge in [-0.3, -0.25) is 10.1 Å². The number of carbonyl (C=O) groups excluding carboxylic acids is 2. The standard InChI is InChI=1S/C24H32F2N4O3/c1-14(2)15(3)30-10-9-27-22(30)28-21(31)19-13-29(23(32)33-24(4,5)6)12-18(19)17-8-7-16(25)11-20(17)26/h7-11,14-15,18-19H,12-13H2,1-6H3,(H,27,28,31)/t15?,18-,19+/m0/s1. The van der Waals surface area contributed by atoms with Crippen molar-refractivity contribution in [3.05, 3.63) is 47.8 Å². The van der Waals surface area contributed by atoms with Gasteiger partial charge in [0, 0.05) is 43.5 Å². The predicted molar refractivity (Wildman–Crippen MR) is 121 cm³/mol. The van der Waals surface area contributed by atoms with E-state index in [1.165, 1.54) is 11.0 Å². The number of benzene rings is 1. The van der Waals surface area contributed by atoms with Crippen LogP contribution in [0.5, 0.6) is 0 Å². The minimum atomic E-state index is -0.767. The summed E-state index contributed by atoms with van der Waals surface area (Å²) >= 11 is 0. The van der Waals surface area contributed by atoms with E-state index in [9.17, 15) is 18.4 Å². The number of carbonyl (C=O) groups is 2. The van der Waals surface area contributed by atoms with E-state index in [0.717, 1.165) is 12.1 Å². The molecule has 1 N–H and O–H groups in total. The topological polar surface area (TPSA) is 76.5 Å². The molecule has 3 atom stereocenters. The second kappa shape index (κ2) is 9.49. The maximum atomic E-state index is 14.7. The van der Waals surface area contributed by atoms with Crippen molar-refractivity contribution >= 4 is 17.9 Å². The maximum absolute atomic E-state index is 14.7. The summed E-state index contributed by atoms with van der Waals surface area (Å²) in [5.74, 6) is -2.58. The van der Waals surface area contributed by atoms with Crippen molar-refractivity contribution in [2.75, 3.05) is 18.4 Å². The summed E-state index contributed by atoms with van der Waals surface area (Å²) in [6.07, 6.45) is 2.81. The molecule has 1 aromatic heterocycles. The van der Waals surface area contributed by atoms with Crippen LogP contribution in [0.2, 0.25) is 0 Å². The highest BCUT2D eigenvalue weighted by Crippen LogP contribution is 2.36. The summed E-state index contributed by atoms with van der Waals surface area (Å²) in [7, 11) is 0. The number of likely N-dealkylation sites (tertiary alicyclic amines) is 1. The Morgan fingerprint density at radius 1 is 1.18 bits per heavy atom. The molecule has 1 unspecified atom stereocenters. The van der Waals surface area contributed by atoms with Gasteiger partial charge in [-0.25, -0.2) is 18.6 Å². The van der Waals surface area contributed by atoms with Crippen LogP contribution in [-0.2, 0) is 9.53 Å². The smallest absolute Gasteiger partial charge is 0.410 e. The molecule has 2 aromatic rings. The Kier molecular flexibility index (Phi) is 7.09. The Bertz CT molecular complexity index is 1020. The molecule has 1 aliphatic rings. The molecule has 0 spiro atoms. The molecule has 180 valence electrons. The summed E-state index contributed by atoms with van der Waals surface area (Å²) in [5.41, 5.74) is -0.535. The first-order valence-electron chi connectivity index (χ1n) is 11.1. The van der Waals surface area contributed by atoms with Gasteiger partial charge in [-0.05, 0) is 45.2 Å². The first-order valence-corrected chi connectivity index (χ1v) is 11.1. The van der Waals surface area contributed by atoms with E-state index in [1.54, 1.807) is 33.2 Å². The third-order valence-corrected chi connectivity index (χ3v) is 5.98. The molecule has 3 rings (SSSR count). The number of nitrogens with zero attached hydrogens (tertiary/aromatic N) is 3. The van der Waals surface area contributed by atoms with Crippen LogP contribution in [-0.4, -0.2) is 45.1 Å². The number of amides is 2. The maximum Gasteiger partial charge on any atom is 0.410 e. The van der Waals surface area contributed by atoms with Crippen LogP contribution >= 0.6 is 0 Å². The number of ether oxygens (including phenoxy) is 1. The SMILES string of the molecule is CC(C)C(C)n1ccnc1NC(=O)[C@@H]1CN(C(=O)OC(C)(C)C)C[C@H]1c1ccc(F)cc1F. The Balaban J connectivity index is 1.88. The van der Waals surface area contributed by atoms with Gasteiger partial charge in [0.1, 0.15) is 17.2 Å². The molecule has 1 aliphatic heterocycles. The van der Waals surface area contributed by atoms with Crippen LogP contribution in [0.4, 0.5) is 19.5 Å². The molecule has 33 heavy (non-hydrogen) atoms. The Labute approximate surface area is 193 Å². The second-order valence-corrected chi connectivity index (χ2v) is 9.90. The third kappa shape index (κ3) is 5.69. The van der Waals surface area contributed by atoms with Gasteiger partial charge in [0.15, 0.2) is 0 Å². The number of nitrogens with one attached hydrogen (secondary N) is 1. The molecule has 0 radical (unpaired) electrons. The molecule has 1 saturated heterocycles. The molecule has 2 amide bonds. The quantitative estimate of drug-likeness (QED) is 0.681. The second-order valence-electron chi connectivity index (χ2n) is 9.90. The lowest BCUT2D eigenvalue weighted by molar-refractivity contribution is -0.119. The van der Waals surface area contributed by atoms with E-state index in [0.29, 0.717) is 11.9 Å². The van der Waals surface area contributed by atoms with Gasteiger partial charge < -0.3 is 14.2 Å². The van der Waals surface area contributed by atoms with Crippen LogP contribution in [0.1, 0.15) is 59.1 Å². The van der Waals surface area contributed by atoms with Crippen molar-refractivity contribution in [2.24, 2.45) is 11.8 Å². The number of hydrogen-bond donors (Lipinski definition) is 1. The average Bonchev–Trinajstić information content (AvgIpc) is 3.33. The first-order chi connectivity index (χ1) is 15.4. The number of imidazole rings is 1. The number of rotatable bonds is 5. The molecular formula is C24H32F2N4O3. The minimum absolute atomic E-state index is 0.0443. The summed E-state index contributed by atoms with van der Waals surface area (Å²) in [6, 6.07) is 3.36. The zero-order valence-corrected chi connectivity index (χ0v) is 19.9. The molecule has 7 nitrogen and oxygen atoms in total. The van der Waals surface area contributed by atoms with E-state index >= 15 is 0 Å². The van der Waals surface area contributed by atoms with Crippen molar-refractivity contribution in [1.82, 2.24) is 14.5 Å². The van der Waals surface area contributed by atoms with Crippen molar-refractivity contribution in [1.29, 1.82) is 0 Å². The molecular weight excluding hydrogens is 430 g/mol. The zero-order chi connectivity index (χ0) is 24.5. The van der Waals surface area contributed by atoms with Crippen LogP contribution < -0.4 is 5.32 Å². The van der Waals surface area contributed by atoms with Crippen LogP contribution in [0.3, 0.4) is 0 Å². The number of aromatic nitrogens is 2. The first kappa shape index (κ1) is 24.7. The normalized spacial score (nSPS) is 19.6. The van der Waals surface area contributed by atoms with Gasteiger partial charge in [0.25, 0.3) is 0 Å². The molecule has 9 heteroatoms. The summed E-state index contributed by atoms with van der Waals surface area (Å²) < 4.78 is 35.5. The lowest BCUT2D eigenvalue weighted by Gasteiger charge is -2.24. The van der Waals surface area contributed by atoms with Gasteiger partial charge in [-0.15, -0.1) is 0 Å². The largest absolute Gasteiger partial charge is 0.444 e. The fourth-order valence-corrected chi connectivity index (χ4v) is 3.92. The van der Waals surface area contributed by atoms with Gasteiger partial charge in [-0.2, -0.15) is 0 Å². The van der Waals surface area contributed by atoms with Gasteiger partial charge in [0.05, 0.1) is 5.92 Å². The summed E-state index contributed by atoms with van der Waals surface area (Å²) in [4.78, 5) is 31.7. The Morgan fingerprint density at radius 3 is 2.48 bits per heavy atom. The number of anilines is 1. The average molecular weight is 463 g/mol. The highest BCUT2D eigenvalue weighted by Gasteiger charge is 2.43. The molecule has 1 aromatic carbocycles. The number of hydrogen-bond acceptors (Lipinski definition) is 4. The van der Waals surface area contributed by atoms with E-state index in [2.05, 4.69) is 24.1 Å². The van der Waals surface area contributed by atoms with Gasteiger partial charge in [-0.1, -0.05) is 19.9 Å². The van der Waals surface area contributed by atoms with Crippen molar-refractivity contribution in [3.8, 4) is 0 Å². The molecule has 0 aliphatic carbocycles. The Hall–Kier alpha value is -2.97. The summed E-state index contributed by atoms with van der Waals surface area (Å²) in [6.45, 7) is 11.5.